The number of rotatable bonds is 1. The van der Waals surface area contributed by atoms with Crippen molar-refractivity contribution in [2.24, 2.45) is 11.8 Å². The fraction of sp³-hybridized carbons (Fsp3) is 0.455. The van der Waals surface area contributed by atoms with Crippen molar-refractivity contribution in [3.63, 3.8) is 0 Å². The van der Waals surface area contributed by atoms with Gasteiger partial charge in [0.1, 0.15) is 11.8 Å². The molecule has 3 rings (SSSR count). The zero-order valence-electron chi connectivity index (χ0n) is 7.99. The first-order valence-corrected chi connectivity index (χ1v) is 4.97. The average molecular weight is 185 g/mol. The standard InChI is InChI=1S/C11H11N3/c1-2-3-6-7-4-8-9(5-12)13-14-11(8)10(6)7/h2-3,6-7,10H,4H2,1H3,(H,13,14)/b3-2-. The van der Waals surface area contributed by atoms with Crippen LogP contribution in [0, 0.1) is 23.2 Å². The molecule has 0 aromatic carbocycles. The number of H-pyrrole nitrogens is 1. The molecule has 0 saturated heterocycles. The molecule has 1 N–H and O–H groups in total. The SMILES string of the molecule is C/C=C\C1C2Cc3c(n[nH]c3C#N)C12. The van der Waals surface area contributed by atoms with Gasteiger partial charge in [0.2, 0.25) is 0 Å². The highest BCUT2D eigenvalue weighted by Crippen LogP contribution is 2.61. The second kappa shape index (κ2) is 2.48. The van der Waals surface area contributed by atoms with Gasteiger partial charge in [-0.1, -0.05) is 12.2 Å². The third-order valence-electron chi connectivity index (χ3n) is 3.41. The van der Waals surface area contributed by atoms with Crippen molar-refractivity contribution in [1.82, 2.24) is 10.2 Å². The van der Waals surface area contributed by atoms with Crippen molar-refractivity contribution >= 4 is 0 Å². The van der Waals surface area contributed by atoms with Gasteiger partial charge in [-0.2, -0.15) is 10.4 Å². The van der Waals surface area contributed by atoms with Crippen LogP contribution in [0.25, 0.3) is 0 Å². The van der Waals surface area contributed by atoms with E-state index in [1.807, 2.05) is 0 Å². The van der Waals surface area contributed by atoms with Crippen molar-refractivity contribution in [2.45, 2.75) is 19.3 Å². The highest BCUT2D eigenvalue weighted by Gasteiger charge is 2.56. The quantitative estimate of drug-likeness (QED) is 0.677. The summed E-state index contributed by atoms with van der Waals surface area (Å²) >= 11 is 0. The minimum atomic E-state index is 0.597. The van der Waals surface area contributed by atoms with Crippen LogP contribution in [-0.4, -0.2) is 10.2 Å². The van der Waals surface area contributed by atoms with Gasteiger partial charge in [-0.05, 0) is 25.2 Å². The molecule has 70 valence electrons. The second-order valence-electron chi connectivity index (χ2n) is 4.07. The van der Waals surface area contributed by atoms with Gasteiger partial charge in [0.05, 0.1) is 5.69 Å². The zero-order valence-corrected chi connectivity index (χ0v) is 7.99. The van der Waals surface area contributed by atoms with Crippen molar-refractivity contribution in [3.05, 3.63) is 29.1 Å². The van der Waals surface area contributed by atoms with Gasteiger partial charge >= 0.3 is 0 Å². The molecule has 14 heavy (non-hydrogen) atoms. The van der Waals surface area contributed by atoms with Gasteiger partial charge in [-0.25, -0.2) is 0 Å². The normalized spacial score (nSPS) is 32.7. The Kier molecular flexibility index (Phi) is 1.38. The van der Waals surface area contributed by atoms with Crippen LogP contribution in [0.5, 0.6) is 0 Å². The van der Waals surface area contributed by atoms with Crippen LogP contribution < -0.4 is 0 Å². The van der Waals surface area contributed by atoms with Crippen molar-refractivity contribution in [3.8, 4) is 6.07 Å². The van der Waals surface area contributed by atoms with E-state index in [1.54, 1.807) is 0 Å². The third-order valence-corrected chi connectivity index (χ3v) is 3.41. The fourth-order valence-electron chi connectivity index (χ4n) is 2.72. The first-order chi connectivity index (χ1) is 6.86. The Balaban J connectivity index is 1.96. The van der Waals surface area contributed by atoms with Gasteiger partial charge in [-0.15, -0.1) is 0 Å². The number of nitriles is 1. The molecule has 3 unspecified atom stereocenters. The van der Waals surface area contributed by atoms with E-state index >= 15 is 0 Å². The van der Waals surface area contributed by atoms with E-state index in [1.165, 1.54) is 5.56 Å². The minimum Gasteiger partial charge on any atom is -0.267 e. The molecular formula is C11H11N3. The Morgan fingerprint density at radius 3 is 3.21 bits per heavy atom. The molecule has 2 aliphatic rings. The average Bonchev–Trinajstić information content (AvgIpc) is 2.61. The third kappa shape index (κ3) is 0.784. The molecular weight excluding hydrogens is 174 g/mol. The Morgan fingerprint density at radius 2 is 2.50 bits per heavy atom. The van der Waals surface area contributed by atoms with E-state index in [4.69, 9.17) is 5.26 Å². The van der Waals surface area contributed by atoms with E-state index in [-0.39, 0.29) is 0 Å². The smallest absolute Gasteiger partial charge is 0.138 e. The fourth-order valence-corrected chi connectivity index (χ4v) is 2.72. The van der Waals surface area contributed by atoms with Crippen LogP contribution in [0.2, 0.25) is 0 Å². The van der Waals surface area contributed by atoms with Crippen LogP contribution in [0.4, 0.5) is 0 Å². The summed E-state index contributed by atoms with van der Waals surface area (Å²) in [5.41, 5.74) is 2.99. The molecule has 3 nitrogen and oxygen atoms in total. The summed E-state index contributed by atoms with van der Waals surface area (Å²) in [6, 6.07) is 2.16. The van der Waals surface area contributed by atoms with Crippen LogP contribution in [0.15, 0.2) is 12.2 Å². The maximum atomic E-state index is 8.83. The largest absolute Gasteiger partial charge is 0.267 e. The lowest BCUT2D eigenvalue weighted by Crippen LogP contribution is -1.91. The number of allylic oxidation sites excluding steroid dienone is 2. The number of hydrogen-bond acceptors (Lipinski definition) is 2. The number of aromatic amines is 1. The Morgan fingerprint density at radius 1 is 1.64 bits per heavy atom. The molecule has 0 aliphatic heterocycles. The summed E-state index contributed by atoms with van der Waals surface area (Å²) in [5.74, 6) is 2.01. The maximum absolute atomic E-state index is 8.83. The molecule has 0 bridgehead atoms. The van der Waals surface area contributed by atoms with Crippen molar-refractivity contribution in [2.75, 3.05) is 0 Å². The summed E-state index contributed by atoms with van der Waals surface area (Å²) in [5, 5.41) is 15.9. The number of nitrogens with zero attached hydrogens (tertiary/aromatic N) is 2. The summed E-state index contributed by atoms with van der Waals surface area (Å²) in [7, 11) is 0. The molecule has 0 spiro atoms. The van der Waals surface area contributed by atoms with E-state index < -0.39 is 0 Å². The lowest BCUT2D eigenvalue weighted by molar-refractivity contribution is 0.795. The Hall–Kier alpha value is -1.56. The first kappa shape index (κ1) is 7.81. The van der Waals surface area contributed by atoms with Crippen LogP contribution in [-0.2, 0) is 6.42 Å². The summed E-state index contributed by atoms with van der Waals surface area (Å²) in [4.78, 5) is 0. The Labute approximate surface area is 82.4 Å². The van der Waals surface area contributed by atoms with Gasteiger partial charge in [0.25, 0.3) is 0 Å². The van der Waals surface area contributed by atoms with E-state index in [0.717, 1.165) is 18.0 Å². The number of fused-ring (bicyclic) bond motifs is 3. The Bertz CT molecular complexity index is 450. The molecule has 3 atom stereocenters. The molecule has 1 aromatic rings. The summed E-state index contributed by atoms with van der Waals surface area (Å²) in [6.45, 7) is 2.06. The predicted molar refractivity (Wildman–Crippen MR) is 51.5 cm³/mol. The second-order valence-corrected chi connectivity index (χ2v) is 4.07. The van der Waals surface area contributed by atoms with Gasteiger partial charge < -0.3 is 0 Å². The lowest BCUT2D eigenvalue weighted by atomic mass is 10.1. The molecule has 0 radical (unpaired) electrons. The monoisotopic (exact) mass is 185 g/mol. The number of nitrogens with one attached hydrogen (secondary N) is 1. The summed E-state index contributed by atoms with van der Waals surface area (Å²) in [6.07, 6.45) is 5.41. The predicted octanol–water partition coefficient (Wildman–Crippen LogP) is 1.74. The molecule has 2 aliphatic carbocycles. The van der Waals surface area contributed by atoms with Gasteiger partial charge in [-0.3, -0.25) is 5.10 Å². The van der Waals surface area contributed by atoms with Crippen molar-refractivity contribution in [1.29, 1.82) is 5.26 Å². The van der Waals surface area contributed by atoms with Crippen molar-refractivity contribution < 1.29 is 0 Å². The van der Waals surface area contributed by atoms with Crippen LogP contribution >= 0.6 is 0 Å². The molecule has 1 aromatic heterocycles. The summed E-state index contributed by atoms with van der Waals surface area (Å²) < 4.78 is 0. The van der Waals surface area contributed by atoms with Crippen LogP contribution in [0.3, 0.4) is 0 Å². The molecule has 0 amide bonds. The van der Waals surface area contributed by atoms with Crippen LogP contribution in [0.1, 0.15) is 29.8 Å². The number of aromatic nitrogens is 2. The molecule has 1 saturated carbocycles. The highest BCUT2D eigenvalue weighted by molar-refractivity contribution is 5.46. The minimum absolute atomic E-state index is 0.597. The maximum Gasteiger partial charge on any atom is 0.138 e. The number of hydrogen-bond donors (Lipinski definition) is 1. The molecule has 1 heterocycles. The van der Waals surface area contributed by atoms with Gasteiger partial charge in [0.15, 0.2) is 0 Å². The molecule has 3 heteroatoms. The van der Waals surface area contributed by atoms with E-state index in [2.05, 4.69) is 35.3 Å². The molecule has 1 fully saturated rings. The first-order valence-electron chi connectivity index (χ1n) is 4.97. The zero-order chi connectivity index (χ0) is 9.71. The topological polar surface area (TPSA) is 52.5 Å². The van der Waals surface area contributed by atoms with E-state index in [0.29, 0.717) is 17.5 Å². The lowest BCUT2D eigenvalue weighted by Gasteiger charge is -1.96. The highest BCUT2D eigenvalue weighted by atomic mass is 15.1. The van der Waals surface area contributed by atoms with Gasteiger partial charge in [0, 0.05) is 11.5 Å². The van der Waals surface area contributed by atoms with E-state index in [9.17, 15) is 0 Å².